The van der Waals surface area contributed by atoms with Crippen LogP contribution in [0.15, 0.2) is 48.5 Å². The third-order valence-corrected chi connectivity index (χ3v) is 6.20. The first-order chi connectivity index (χ1) is 17.8. The molecule has 0 spiro atoms. The molecule has 3 aromatic carbocycles. The van der Waals surface area contributed by atoms with Crippen molar-refractivity contribution in [2.45, 2.75) is 34.6 Å². The molecule has 0 fully saturated rings. The molecule has 0 unspecified atom stereocenters. The Labute approximate surface area is 216 Å². The van der Waals surface area contributed by atoms with E-state index in [0.29, 0.717) is 29.5 Å². The Morgan fingerprint density at radius 3 is 2.46 bits per heavy atom. The summed E-state index contributed by atoms with van der Waals surface area (Å²) in [7, 11) is 0. The molecule has 0 aliphatic heterocycles. The molecule has 4 aromatic rings. The van der Waals surface area contributed by atoms with E-state index in [2.05, 4.69) is 21.4 Å². The molecule has 4 rings (SSSR count). The number of nitrogens with zero attached hydrogens (tertiary/aromatic N) is 2. The fourth-order valence-electron chi connectivity index (χ4n) is 3.88. The smallest absolute Gasteiger partial charge is 0.262 e. The van der Waals surface area contributed by atoms with Gasteiger partial charge in [0.05, 0.1) is 23.2 Å². The summed E-state index contributed by atoms with van der Waals surface area (Å²) in [6.07, 6.45) is 1.75. The third kappa shape index (κ3) is 5.99. The number of amides is 1. The van der Waals surface area contributed by atoms with Gasteiger partial charge in [0.15, 0.2) is 18.1 Å². The van der Waals surface area contributed by atoms with Crippen LogP contribution in [0.5, 0.6) is 11.5 Å². The highest BCUT2D eigenvalue weighted by molar-refractivity contribution is 5.92. The standard InChI is InChI=1S/C30H30N4O3/c1-6-36-28-15-22(14-23(16-31)30-33-25-12-20(4)21(5)13-26(25)34-30)8-10-27(28)37-17-29(35)32-24-9-7-18(2)19(3)11-24/h7-15H,6,17H2,1-5H3,(H,32,35)(H,33,34)/b23-14+. The number of nitrogens with one attached hydrogen (secondary N) is 2. The van der Waals surface area contributed by atoms with Gasteiger partial charge in [-0.2, -0.15) is 5.26 Å². The number of carbonyl (C=O) groups is 1. The van der Waals surface area contributed by atoms with Gasteiger partial charge in [0, 0.05) is 5.69 Å². The number of imidazole rings is 1. The van der Waals surface area contributed by atoms with Gasteiger partial charge in [-0.05, 0) is 105 Å². The zero-order valence-electron chi connectivity index (χ0n) is 21.7. The van der Waals surface area contributed by atoms with E-state index in [9.17, 15) is 10.1 Å². The van der Waals surface area contributed by atoms with Crippen molar-refractivity contribution in [3.63, 3.8) is 0 Å². The Balaban J connectivity index is 1.52. The fraction of sp³-hybridized carbons (Fsp3) is 0.233. The van der Waals surface area contributed by atoms with E-state index >= 15 is 0 Å². The first-order valence-corrected chi connectivity index (χ1v) is 12.1. The summed E-state index contributed by atoms with van der Waals surface area (Å²) in [5, 5.41) is 12.7. The van der Waals surface area contributed by atoms with Crippen LogP contribution in [-0.2, 0) is 4.79 Å². The number of hydrogen-bond donors (Lipinski definition) is 2. The second-order valence-electron chi connectivity index (χ2n) is 8.98. The Hall–Kier alpha value is -4.57. The predicted octanol–water partition coefficient (Wildman–Crippen LogP) is 6.28. The number of rotatable bonds is 8. The maximum Gasteiger partial charge on any atom is 0.262 e. The zero-order valence-corrected chi connectivity index (χ0v) is 21.7. The number of aromatic nitrogens is 2. The molecule has 0 aliphatic rings. The molecular formula is C30H30N4O3. The summed E-state index contributed by atoms with van der Waals surface area (Å²) < 4.78 is 11.5. The number of allylic oxidation sites excluding steroid dienone is 1. The number of aryl methyl sites for hydroxylation is 4. The van der Waals surface area contributed by atoms with Crippen LogP contribution >= 0.6 is 0 Å². The highest BCUT2D eigenvalue weighted by atomic mass is 16.5. The fourth-order valence-corrected chi connectivity index (χ4v) is 3.88. The monoisotopic (exact) mass is 494 g/mol. The van der Waals surface area contributed by atoms with Crippen molar-refractivity contribution in [1.29, 1.82) is 5.26 Å². The minimum Gasteiger partial charge on any atom is -0.490 e. The molecule has 0 radical (unpaired) electrons. The zero-order chi connectivity index (χ0) is 26.5. The van der Waals surface area contributed by atoms with Gasteiger partial charge in [0.1, 0.15) is 11.9 Å². The molecule has 0 atom stereocenters. The van der Waals surface area contributed by atoms with Gasteiger partial charge in [-0.1, -0.05) is 12.1 Å². The van der Waals surface area contributed by atoms with Crippen LogP contribution < -0.4 is 14.8 Å². The van der Waals surface area contributed by atoms with E-state index in [1.165, 1.54) is 0 Å². The van der Waals surface area contributed by atoms with Crippen LogP contribution in [0.25, 0.3) is 22.7 Å². The molecule has 1 amide bonds. The van der Waals surface area contributed by atoms with Gasteiger partial charge in [0.25, 0.3) is 5.91 Å². The quantitative estimate of drug-likeness (QED) is 0.281. The van der Waals surface area contributed by atoms with Crippen molar-refractivity contribution in [3.8, 4) is 17.6 Å². The Morgan fingerprint density at radius 1 is 0.973 bits per heavy atom. The summed E-state index contributed by atoms with van der Waals surface area (Å²) in [6, 6.07) is 17.4. The van der Waals surface area contributed by atoms with E-state index in [-0.39, 0.29) is 12.5 Å². The van der Waals surface area contributed by atoms with Crippen LogP contribution in [-0.4, -0.2) is 29.1 Å². The van der Waals surface area contributed by atoms with E-state index in [0.717, 1.165) is 44.5 Å². The van der Waals surface area contributed by atoms with Gasteiger partial charge < -0.3 is 19.8 Å². The summed E-state index contributed by atoms with van der Waals surface area (Å²) in [6.45, 7) is 10.2. The maximum absolute atomic E-state index is 12.4. The first-order valence-electron chi connectivity index (χ1n) is 12.1. The number of carbonyl (C=O) groups excluding carboxylic acids is 1. The predicted molar refractivity (Wildman–Crippen MR) is 147 cm³/mol. The Morgan fingerprint density at radius 2 is 1.73 bits per heavy atom. The number of anilines is 1. The highest BCUT2D eigenvalue weighted by Gasteiger charge is 2.12. The molecule has 7 heteroatoms. The minimum absolute atomic E-state index is 0.163. The van der Waals surface area contributed by atoms with Crippen LogP contribution in [0.2, 0.25) is 0 Å². The maximum atomic E-state index is 12.4. The van der Waals surface area contributed by atoms with E-state index in [1.807, 2.05) is 71.0 Å². The molecule has 7 nitrogen and oxygen atoms in total. The largest absolute Gasteiger partial charge is 0.490 e. The number of H-pyrrole nitrogens is 1. The normalized spacial score (nSPS) is 11.3. The van der Waals surface area contributed by atoms with Crippen molar-refractivity contribution in [2.75, 3.05) is 18.5 Å². The van der Waals surface area contributed by atoms with Crippen LogP contribution in [0, 0.1) is 39.0 Å². The Bertz CT molecular complexity index is 1500. The molecule has 2 N–H and O–H groups in total. The molecule has 0 aliphatic carbocycles. The molecule has 0 bridgehead atoms. The second kappa shape index (κ2) is 11.0. The number of hydrogen-bond acceptors (Lipinski definition) is 5. The molecule has 37 heavy (non-hydrogen) atoms. The molecule has 0 saturated heterocycles. The molecule has 0 saturated carbocycles. The van der Waals surface area contributed by atoms with Crippen molar-refractivity contribution in [1.82, 2.24) is 9.97 Å². The average molecular weight is 495 g/mol. The van der Waals surface area contributed by atoms with Crippen molar-refractivity contribution in [3.05, 3.63) is 82.2 Å². The number of ether oxygens (including phenoxy) is 2. The molecule has 1 heterocycles. The lowest BCUT2D eigenvalue weighted by Crippen LogP contribution is -2.20. The summed E-state index contributed by atoms with van der Waals surface area (Å²) in [5.41, 5.74) is 8.14. The average Bonchev–Trinajstić information content (AvgIpc) is 3.27. The second-order valence-corrected chi connectivity index (χ2v) is 8.98. The van der Waals surface area contributed by atoms with Crippen LogP contribution in [0.4, 0.5) is 5.69 Å². The van der Waals surface area contributed by atoms with Gasteiger partial charge in [-0.3, -0.25) is 4.79 Å². The summed E-state index contributed by atoms with van der Waals surface area (Å²) in [5.74, 6) is 1.17. The highest BCUT2D eigenvalue weighted by Crippen LogP contribution is 2.30. The molecular weight excluding hydrogens is 464 g/mol. The van der Waals surface area contributed by atoms with E-state index < -0.39 is 0 Å². The number of nitriles is 1. The Kier molecular flexibility index (Phi) is 7.59. The van der Waals surface area contributed by atoms with Crippen LogP contribution in [0.3, 0.4) is 0 Å². The molecule has 1 aromatic heterocycles. The lowest BCUT2D eigenvalue weighted by atomic mass is 10.1. The lowest BCUT2D eigenvalue weighted by Gasteiger charge is -2.13. The SMILES string of the molecule is CCOc1cc(/C=C(\C#N)c2nc3cc(C)c(C)cc3[nH]2)ccc1OCC(=O)Nc1ccc(C)c(C)c1. The number of fused-ring (bicyclic) bond motifs is 1. The van der Waals surface area contributed by atoms with Crippen molar-refractivity contribution >= 4 is 34.3 Å². The van der Waals surface area contributed by atoms with Gasteiger partial charge in [0.2, 0.25) is 0 Å². The van der Waals surface area contributed by atoms with Gasteiger partial charge in [-0.25, -0.2) is 4.98 Å². The van der Waals surface area contributed by atoms with E-state index in [4.69, 9.17) is 9.47 Å². The summed E-state index contributed by atoms with van der Waals surface area (Å²) >= 11 is 0. The minimum atomic E-state index is -0.267. The first kappa shape index (κ1) is 25.5. The molecule has 188 valence electrons. The van der Waals surface area contributed by atoms with Gasteiger partial charge in [-0.15, -0.1) is 0 Å². The van der Waals surface area contributed by atoms with E-state index in [1.54, 1.807) is 18.2 Å². The summed E-state index contributed by atoms with van der Waals surface area (Å²) in [4.78, 5) is 20.3. The van der Waals surface area contributed by atoms with Crippen molar-refractivity contribution < 1.29 is 14.3 Å². The van der Waals surface area contributed by atoms with Gasteiger partial charge >= 0.3 is 0 Å². The van der Waals surface area contributed by atoms with Crippen molar-refractivity contribution in [2.24, 2.45) is 0 Å². The van der Waals surface area contributed by atoms with Crippen LogP contribution in [0.1, 0.15) is 40.6 Å². The third-order valence-electron chi connectivity index (χ3n) is 6.20. The lowest BCUT2D eigenvalue weighted by molar-refractivity contribution is -0.118. The number of aromatic amines is 1. The number of benzene rings is 3. The topological polar surface area (TPSA) is 100 Å².